The van der Waals surface area contributed by atoms with E-state index in [-0.39, 0.29) is 0 Å². The largest absolute Gasteiger partial charge is 0.372 e. The van der Waals surface area contributed by atoms with Crippen molar-refractivity contribution in [3.05, 3.63) is 29.3 Å². The molecule has 96 valence electrons. The van der Waals surface area contributed by atoms with E-state index >= 15 is 0 Å². The SMILES string of the molecule is CCN(CC)c1ccc2c(c1)C1(CCC2=O)CC1. The van der Waals surface area contributed by atoms with Crippen molar-refractivity contribution in [2.75, 3.05) is 18.0 Å². The standard InChI is InChI=1S/C16H21NO/c1-3-17(4-2)12-5-6-13-14(11-12)16(9-10-16)8-7-15(13)18/h5-6,11H,3-4,7-10H2,1-2H3. The fourth-order valence-corrected chi connectivity index (χ4v) is 3.29. The van der Waals surface area contributed by atoms with Crippen molar-refractivity contribution in [3.8, 4) is 0 Å². The highest BCUT2D eigenvalue weighted by Gasteiger charge is 2.48. The first-order chi connectivity index (χ1) is 8.70. The molecule has 2 nitrogen and oxygen atoms in total. The van der Waals surface area contributed by atoms with Gasteiger partial charge in [-0.3, -0.25) is 4.79 Å². The first-order valence-electron chi connectivity index (χ1n) is 7.13. The molecule has 1 aromatic carbocycles. The Hall–Kier alpha value is -1.31. The van der Waals surface area contributed by atoms with Crippen molar-refractivity contribution in [1.82, 2.24) is 0 Å². The molecule has 0 saturated heterocycles. The summed E-state index contributed by atoms with van der Waals surface area (Å²) in [6, 6.07) is 6.46. The van der Waals surface area contributed by atoms with E-state index in [4.69, 9.17) is 0 Å². The molecule has 0 amide bonds. The topological polar surface area (TPSA) is 20.3 Å². The Morgan fingerprint density at radius 3 is 2.50 bits per heavy atom. The van der Waals surface area contributed by atoms with Crippen LogP contribution in [-0.4, -0.2) is 18.9 Å². The van der Waals surface area contributed by atoms with Gasteiger partial charge in [0.1, 0.15) is 0 Å². The second-order valence-electron chi connectivity index (χ2n) is 5.61. The highest BCUT2D eigenvalue weighted by Crippen LogP contribution is 2.55. The summed E-state index contributed by atoms with van der Waals surface area (Å²) in [5.41, 5.74) is 3.98. The number of hydrogen-bond donors (Lipinski definition) is 0. The predicted octanol–water partition coefficient (Wildman–Crippen LogP) is 3.54. The fraction of sp³-hybridized carbons (Fsp3) is 0.562. The van der Waals surface area contributed by atoms with Crippen molar-refractivity contribution in [2.24, 2.45) is 0 Å². The van der Waals surface area contributed by atoms with Gasteiger partial charge < -0.3 is 4.90 Å². The third-order valence-electron chi connectivity index (χ3n) is 4.69. The van der Waals surface area contributed by atoms with Gasteiger partial charge in [0.2, 0.25) is 0 Å². The summed E-state index contributed by atoms with van der Waals surface area (Å²) in [4.78, 5) is 14.4. The Kier molecular flexibility index (Phi) is 2.69. The molecule has 1 spiro atoms. The maximum absolute atomic E-state index is 12.0. The number of nitrogens with zero attached hydrogens (tertiary/aromatic N) is 1. The Balaban J connectivity index is 2.05. The average molecular weight is 243 g/mol. The van der Waals surface area contributed by atoms with Gasteiger partial charge in [-0.15, -0.1) is 0 Å². The molecule has 2 heteroatoms. The van der Waals surface area contributed by atoms with E-state index in [1.165, 1.54) is 24.1 Å². The molecule has 2 aliphatic carbocycles. The van der Waals surface area contributed by atoms with E-state index in [2.05, 4.69) is 36.9 Å². The van der Waals surface area contributed by atoms with Crippen molar-refractivity contribution < 1.29 is 4.79 Å². The molecular formula is C16H21NO. The van der Waals surface area contributed by atoms with E-state index in [0.717, 1.165) is 31.5 Å². The van der Waals surface area contributed by atoms with Crippen LogP contribution in [0.4, 0.5) is 5.69 Å². The smallest absolute Gasteiger partial charge is 0.163 e. The summed E-state index contributed by atoms with van der Waals surface area (Å²) < 4.78 is 0. The molecular weight excluding hydrogens is 222 g/mol. The second-order valence-corrected chi connectivity index (χ2v) is 5.61. The molecule has 1 aromatic rings. The Bertz CT molecular complexity index is 484. The van der Waals surface area contributed by atoms with E-state index in [1.807, 2.05) is 0 Å². The van der Waals surface area contributed by atoms with Gasteiger partial charge in [-0.25, -0.2) is 0 Å². The van der Waals surface area contributed by atoms with Gasteiger partial charge in [0.05, 0.1) is 0 Å². The minimum atomic E-state index is 0.341. The molecule has 0 aromatic heterocycles. The Morgan fingerprint density at radius 1 is 1.17 bits per heavy atom. The van der Waals surface area contributed by atoms with Crippen LogP contribution < -0.4 is 4.90 Å². The first kappa shape index (κ1) is 11.8. The van der Waals surface area contributed by atoms with Gasteiger partial charge in [0, 0.05) is 30.8 Å². The fourth-order valence-electron chi connectivity index (χ4n) is 3.29. The van der Waals surface area contributed by atoms with Crippen LogP contribution >= 0.6 is 0 Å². The lowest BCUT2D eigenvalue weighted by Gasteiger charge is -2.28. The number of ketones is 1. The number of Topliss-reactive ketones (excluding diaryl/α,β-unsaturated/α-hetero) is 1. The third-order valence-corrected chi connectivity index (χ3v) is 4.69. The monoisotopic (exact) mass is 243 g/mol. The number of carbonyl (C=O) groups excluding carboxylic acids is 1. The number of benzene rings is 1. The highest BCUT2D eigenvalue weighted by molar-refractivity contribution is 5.99. The van der Waals surface area contributed by atoms with Crippen LogP contribution in [-0.2, 0) is 5.41 Å². The molecule has 0 unspecified atom stereocenters. The van der Waals surface area contributed by atoms with Gasteiger partial charge in [0.15, 0.2) is 5.78 Å². The molecule has 0 aliphatic heterocycles. The number of hydrogen-bond acceptors (Lipinski definition) is 2. The number of fused-ring (bicyclic) bond motifs is 2. The highest BCUT2D eigenvalue weighted by atomic mass is 16.1. The molecule has 2 aliphatic rings. The minimum absolute atomic E-state index is 0.341. The Morgan fingerprint density at radius 2 is 1.89 bits per heavy atom. The van der Waals surface area contributed by atoms with Crippen LogP contribution in [0.3, 0.4) is 0 Å². The predicted molar refractivity (Wildman–Crippen MR) is 74.5 cm³/mol. The van der Waals surface area contributed by atoms with Gasteiger partial charge in [0.25, 0.3) is 0 Å². The maximum atomic E-state index is 12.0. The summed E-state index contributed by atoms with van der Waals surface area (Å²) in [6.07, 6.45) is 4.36. The van der Waals surface area contributed by atoms with Crippen LogP contribution in [0.15, 0.2) is 18.2 Å². The third kappa shape index (κ3) is 1.66. The van der Waals surface area contributed by atoms with Crippen LogP contribution in [0, 0.1) is 0 Å². The molecule has 0 N–H and O–H groups in total. The molecule has 0 bridgehead atoms. The van der Waals surface area contributed by atoms with Crippen molar-refractivity contribution in [2.45, 2.75) is 44.9 Å². The molecule has 1 fully saturated rings. The van der Waals surface area contributed by atoms with E-state index < -0.39 is 0 Å². The normalized spacial score (nSPS) is 19.8. The summed E-state index contributed by atoms with van der Waals surface area (Å²) in [5.74, 6) is 0.341. The zero-order chi connectivity index (χ0) is 12.8. The van der Waals surface area contributed by atoms with Gasteiger partial charge in [-0.2, -0.15) is 0 Å². The van der Waals surface area contributed by atoms with Gasteiger partial charge in [-0.1, -0.05) is 0 Å². The van der Waals surface area contributed by atoms with E-state index in [1.54, 1.807) is 0 Å². The summed E-state index contributed by atoms with van der Waals surface area (Å²) >= 11 is 0. The van der Waals surface area contributed by atoms with Gasteiger partial charge >= 0.3 is 0 Å². The molecule has 0 atom stereocenters. The summed E-state index contributed by atoms with van der Waals surface area (Å²) in [6.45, 7) is 6.41. The molecule has 1 saturated carbocycles. The minimum Gasteiger partial charge on any atom is -0.372 e. The van der Waals surface area contributed by atoms with Crippen LogP contribution in [0.25, 0.3) is 0 Å². The molecule has 0 radical (unpaired) electrons. The maximum Gasteiger partial charge on any atom is 0.163 e. The lowest BCUT2D eigenvalue weighted by molar-refractivity contribution is 0.0964. The van der Waals surface area contributed by atoms with Crippen LogP contribution in [0.5, 0.6) is 0 Å². The summed E-state index contributed by atoms with van der Waals surface area (Å²) in [5, 5.41) is 0. The van der Waals surface area contributed by atoms with E-state index in [9.17, 15) is 4.79 Å². The lowest BCUT2D eigenvalue weighted by Crippen LogP contribution is -2.25. The quantitative estimate of drug-likeness (QED) is 0.809. The first-order valence-corrected chi connectivity index (χ1v) is 7.13. The molecule has 3 rings (SSSR count). The summed E-state index contributed by atoms with van der Waals surface area (Å²) in [7, 11) is 0. The van der Waals surface area contributed by atoms with Crippen molar-refractivity contribution >= 4 is 11.5 Å². The zero-order valence-corrected chi connectivity index (χ0v) is 11.3. The molecule has 0 heterocycles. The zero-order valence-electron chi connectivity index (χ0n) is 11.3. The van der Waals surface area contributed by atoms with Crippen molar-refractivity contribution in [1.29, 1.82) is 0 Å². The number of anilines is 1. The van der Waals surface area contributed by atoms with Crippen LogP contribution in [0.2, 0.25) is 0 Å². The second kappa shape index (κ2) is 4.11. The van der Waals surface area contributed by atoms with Crippen LogP contribution in [0.1, 0.15) is 55.5 Å². The lowest BCUT2D eigenvalue weighted by atomic mass is 9.79. The molecule has 18 heavy (non-hydrogen) atoms. The van der Waals surface area contributed by atoms with Crippen molar-refractivity contribution in [3.63, 3.8) is 0 Å². The Labute approximate surface area is 109 Å². The number of rotatable bonds is 3. The van der Waals surface area contributed by atoms with E-state index in [0.29, 0.717) is 11.2 Å². The number of carbonyl (C=O) groups is 1. The average Bonchev–Trinajstić information content (AvgIpc) is 3.17. The van der Waals surface area contributed by atoms with Gasteiger partial charge in [-0.05, 0) is 62.3 Å².